The first-order chi connectivity index (χ1) is 12.0. The van der Waals surface area contributed by atoms with Crippen LogP contribution in [0.3, 0.4) is 0 Å². The van der Waals surface area contributed by atoms with Gasteiger partial charge in [0.25, 0.3) is 0 Å². The van der Waals surface area contributed by atoms with Crippen molar-refractivity contribution in [2.24, 2.45) is 13.0 Å². The number of carbonyl (C=O) groups excluding carboxylic acids is 2. The molecule has 1 N–H and O–H groups in total. The molecule has 1 aliphatic heterocycles. The fraction of sp³-hybridized carbons (Fsp3) is 0.389. The molecule has 1 aromatic carbocycles. The molecular formula is C18H21ClN4O2. The first-order valence-corrected chi connectivity index (χ1v) is 8.71. The van der Waals surface area contributed by atoms with Gasteiger partial charge in [-0.2, -0.15) is 0 Å². The molecule has 2 amide bonds. The number of imidazole rings is 1. The van der Waals surface area contributed by atoms with Gasteiger partial charge in [-0.25, -0.2) is 9.78 Å². The molecule has 0 saturated carbocycles. The van der Waals surface area contributed by atoms with E-state index >= 15 is 0 Å². The van der Waals surface area contributed by atoms with Crippen LogP contribution in [0.1, 0.15) is 29.0 Å². The van der Waals surface area contributed by atoms with Crippen LogP contribution in [0.15, 0.2) is 36.7 Å². The zero-order valence-electron chi connectivity index (χ0n) is 14.1. The van der Waals surface area contributed by atoms with Crippen LogP contribution >= 0.6 is 11.6 Å². The van der Waals surface area contributed by atoms with Crippen molar-refractivity contribution in [3.05, 3.63) is 53.1 Å². The van der Waals surface area contributed by atoms with E-state index in [1.807, 2.05) is 17.8 Å². The van der Waals surface area contributed by atoms with E-state index in [-0.39, 0.29) is 17.7 Å². The number of carbonyl (C=O) groups is 2. The molecule has 0 radical (unpaired) electrons. The number of Topliss-reactive ketones (excluding diaryl/α,β-unsaturated/α-hetero) is 1. The molecule has 1 fully saturated rings. The van der Waals surface area contributed by atoms with Crippen molar-refractivity contribution in [1.29, 1.82) is 0 Å². The summed E-state index contributed by atoms with van der Waals surface area (Å²) in [4.78, 5) is 31.0. The Morgan fingerprint density at radius 1 is 1.40 bits per heavy atom. The predicted molar refractivity (Wildman–Crippen MR) is 95.5 cm³/mol. The summed E-state index contributed by atoms with van der Waals surface area (Å²) >= 11 is 5.98. The first kappa shape index (κ1) is 17.5. The Morgan fingerprint density at radius 2 is 2.24 bits per heavy atom. The fourth-order valence-corrected chi connectivity index (χ4v) is 3.28. The number of hydrogen-bond donors (Lipinski definition) is 1. The minimum atomic E-state index is -0.189. The molecule has 0 aliphatic carbocycles. The Hall–Kier alpha value is -2.34. The van der Waals surface area contributed by atoms with Crippen LogP contribution in [0.25, 0.3) is 0 Å². The summed E-state index contributed by atoms with van der Waals surface area (Å²) in [5, 5.41) is 3.42. The van der Waals surface area contributed by atoms with Gasteiger partial charge >= 0.3 is 6.03 Å². The minimum Gasteiger partial charge on any atom is -0.337 e. The highest BCUT2D eigenvalue weighted by Crippen LogP contribution is 2.22. The molecule has 1 saturated heterocycles. The van der Waals surface area contributed by atoms with E-state index in [1.165, 1.54) is 0 Å². The van der Waals surface area contributed by atoms with Crippen LogP contribution in [0.5, 0.6) is 0 Å². The van der Waals surface area contributed by atoms with Crippen molar-refractivity contribution in [3.8, 4) is 0 Å². The van der Waals surface area contributed by atoms with Crippen LogP contribution in [0.4, 0.5) is 4.79 Å². The van der Waals surface area contributed by atoms with Crippen LogP contribution in [0.2, 0.25) is 5.02 Å². The van der Waals surface area contributed by atoms with Gasteiger partial charge in [0.05, 0.1) is 6.54 Å². The number of ketones is 1. The first-order valence-electron chi connectivity index (χ1n) is 8.33. The topological polar surface area (TPSA) is 67.2 Å². The molecule has 2 aromatic rings. The summed E-state index contributed by atoms with van der Waals surface area (Å²) in [7, 11) is 1.88. The number of likely N-dealkylation sites (tertiary alicyclic amines) is 1. The molecule has 0 bridgehead atoms. The number of rotatable bonds is 4. The van der Waals surface area contributed by atoms with E-state index in [0.717, 1.165) is 18.7 Å². The maximum Gasteiger partial charge on any atom is 0.317 e. The van der Waals surface area contributed by atoms with E-state index < -0.39 is 0 Å². The van der Waals surface area contributed by atoms with Crippen molar-refractivity contribution < 1.29 is 9.59 Å². The molecule has 6 nitrogen and oxygen atoms in total. The van der Waals surface area contributed by atoms with E-state index in [4.69, 9.17) is 11.6 Å². The number of amides is 2. The summed E-state index contributed by atoms with van der Waals surface area (Å²) in [6, 6.07) is 6.82. The number of piperidine rings is 1. The Kier molecular flexibility index (Phi) is 5.38. The maximum atomic E-state index is 12.7. The second-order valence-electron chi connectivity index (χ2n) is 6.27. The monoisotopic (exact) mass is 360 g/mol. The number of benzene rings is 1. The number of urea groups is 1. The van der Waals surface area contributed by atoms with Gasteiger partial charge < -0.3 is 14.8 Å². The summed E-state index contributed by atoms with van der Waals surface area (Å²) in [6.07, 6.45) is 5.13. The third kappa shape index (κ3) is 4.20. The predicted octanol–water partition coefficient (Wildman–Crippen LogP) is 2.88. The zero-order chi connectivity index (χ0) is 17.8. The summed E-state index contributed by atoms with van der Waals surface area (Å²) in [5.74, 6) is 0.646. The highest BCUT2D eigenvalue weighted by Gasteiger charge is 2.29. The summed E-state index contributed by atoms with van der Waals surface area (Å²) in [6.45, 7) is 1.45. The molecular weight excluding hydrogens is 340 g/mol. The normalized spacial score (nSPS) is 17.4. The van der Waals surface area contributed by atoms with Crippen LogP contribution in [-0.2, 0) is 13.6 Å². The highest BCUT2D eigenvalue weighted by molar-refractivity contribution is 6.31. The molecule has 1 aliphatic rings. The van der Waals surface area contributed by atoms with Crippen molar-refractivity contribution >= 4 is 23.4 Å². The lowest BCUT2D eigenvalue weighted by molar-refractivity contribution is 0.0845. The number of hydrogen-bond acceptors (Lipinski definition) is 3. The van der Waals surface area contributed by atoms with Crippen molar-refractivity contribution in [3.63, 3.8) is 0 Å². The number of nitrogens with one attached hydrogen (secondary N) is 1. The Morgan fingerprint density at radius 3 is 2.96 bits per heavy atom. The lowest BCUT2D eigenvalue weighted by atomic mass is 9.90. The Bertz CT molecular complexity index is 774. The van der Waals surface area contributed by atoms with Gasteiger partial charge in [-0.1, -0.05) is 23.7 Å². The summed E-state index contributed by atoms with van der Waals surface area (Å²) < 4.78 is 1.86. The average molecular weight is 361 g/mol. The van der Waals surface area contributed by atoms with Gasteiger partial charge in [0, 0.05) is 49.0 Å². The minimum absolute atomic E-state index is 0.0455. The molecule has 1 aromatic heterocycles. The second-order valence-corrected chi connectivity index (χ2v) is 6.71. The van der Waals surface area contributed by atoms with E-state index in [0.29, 0.717) is 30.2 Å². The van der Waals surface area contributed by atoms with Crippen LogP contribution in [-0.4, -0.2) is 39.4 Å². The Balaban J connectivity index is 1.59. The highest BCUT2D eigenvalue weighted by atomic mass is 35.5. The molecule has 132 valence electrons. The lowest BCUT2D eigenvalue weighted by Gasteiger charge is -2.32. The van der Waals surface area contributed by atoms with E-state index in [1.54, 1.807) is 35.4 Å². The SMILES string of the molecule is Cn1ccnc1CNC(=O)N1CCC[C@H](C(=O)c2cccc(Cl)c2)C1. The van der Waals surface area contributed by atoms with Crippen molar-refractivity contribution in [1.82, 2.24) is 19.8 Å². The molecule has 2 heterocycles. The van der Waals surface area contributed by atoms with Gasteiger partial charge in [0.1, 0.15) is 5.82 Å². The fourth-order valence-electron chi connectivity index (χ4n) is 3.09. The molecule has 3 rings (SSSR count). The van der Waals surface area contributed by atoms with Gasteiger partial charge in [0.15, 0.2) is 5.78 Å². The third-order valence-electron chi connectivity index (χ3n) is 4.51. The third-order valence-corrected chi connectivity index (χ3v) is 4.74. The Labute approximate surface area is 151 Å². The maximum absolute atomic E-state index is 12.7. The molecule has 0 unspecified atom stereocenters. The average Bonchev–Trinajstić information content (AvgIpc) is 3.04. The standard InChI is InChI=1S/C18H21ClN4O2/c1-22-9-7-20-16(22)11-21-18(25)23-8-3-5-14(12-23)17(24)13-4-2-6-15(19)10-13/h2,4,6-7,9-10,14H,3,5,8,11-12H2,1H3,(H,21,25)/t14-/m0/s1. The van der Waals surface area contributed by atoms with Crippen molar-refractivity contribution in [2.45, 2.75) is 19.4 Å². The zero-order valence-corrected chi connectivity index (χ0v) is 14.9. The number of halogens is 1. The second kappa shape index (κ2) is 7.70. The van der Waals surface area contributed by atoms with Gasteiger partial charge in [-0.3, -0.25) is 4.79 Å². The number of nitrogens with zero attached hydrogens (tertiary/aromatic N) is 3. The van der Waals surface area contributed by atoms with Crippen LogP contribution in [0, 0.1) is 5.92 Å². The van der Waals surface area contributed by atoms with Crippen LogP contribution < -0.4 is 5.32 Å². The van der Waals surface area contributed by atoms with E-state index in [9.17, 15) is 9.59 Å². The smallest absolute Gasteiger partial charge is 0.317 e. The van der Waals surface area contributed by atoms with Gasteiger partial charge in [0.2, 0.25) is 0 Å². The van der Waals surface area contributed by atoms with Gasteiger partial charge in [-0.05, 0) is 25.0 Å². The quantitative estimate of drug-likeness (QED) is 0.852. The number of aryl methyl sites for hydroxylation is 1. The molecule has 0 spiro atoms. The lowest BCUT2D eigenvalue weighted by Crippen LogP contribution is -2.47. The van der Waals surface area contributed by atoms with E-state index in [2.05, 4.69) is 10.3 Å². The molecule has 25 heavy (non-hydrogen) atoms. The van der Waals surface area contributed by atoms with Crippen molar-refractivity contribution in [2.75, 3.05) is 13.1 Å². The molecule has 1 atom stereocenters. The molecule has 7 heteroatoms. The largest absolute Gasteiger partial charge is 0.337 e. The van der Waals surface area contributed by atoms with Gasteiger partial charge in [-0.15, -0.1) is 0 Å². The summed E-state index contributed by atoms with van der Waals surface area (Å²) in [5.41, 5.74) is 0.604. The number of aromatic nitrogens is 2.